The molecule has 1 N–H and O–H groups in total. The molecule has 3 rings (SSSR count). The van der Waals surface area contributed by atoms with Crippen LogP contribution in [0.3, 0.4) is 0 Å². The molecule has 2 heterocycles. The van der Waals surface area contributed by atoms with E-state index in [4.69, 9.17) is 4.74 Å². The first-order chi connectivity index (χ1) is 10.8. The van der Waals surface area contributed by atoms with E-state index in [1.165, 1.54) is 0 Å². The lowest BCUT2D eigenvalue weighted by Crippen LogP contribution is -2.41. The molecule has 1 atom stereocenters. The molecule has 1 fully saturated rings. The van der Waals surface area contributed by atoms with Gasteiger partial charge >= 0.3 is 6.03 Å². The van der Waals surface area contributed by atoms with Crippen LogP contribution in [0.25, 0.3) is 0 Å². The molecule has 0 radical (unpaired) electrons. The van der Waals surface area contributed by atoms with Crippen LogP contribution >= 0.6 is 0 Å². The van der Waals surface area contributed by atoms with Crippen LogP contribution < -0.4 is 10.1 Å². The topological polar surface area (TPSA) is 54.5 Å². The molecule has 0 saturated carbocycles. The van der Waals surface area contributed by atoms with Crippen LogP contribution in [-0.4, -0.2) is 35.1 Å². The summed E-state index contributed by atoms with van der Waals surface area (Å²) in [6, 6.07) is 13.3. The summed E-state index contributed by atoms with van der Waals surface area (Å²) in [6.45, 7) is 1.28. The van der Waals surface area contributed by atoms with Gasteiger partial charge in [-0.15, -0.1) is 0 Å². The summed E-state index contributed by atoms with van der Waals surface area (Å²) >= 11 is 0. The van der Waals surface area contributed by atoms with Gasteiger partial charge in [0, 0.05) is 12.7 Å². The lowest BCUT2D eigenvalue weighted by atomic mass is 10.2. The standard InChI is InChI=1S/C17H19N3O2/c21-17(19-14-6-4-10-18-12-14)20-11-5-7-15(20)13-22-16-8-2-1-3-9-16/h1-4,6,8-10,12,15H,5,7,11,13H2,(H,19,21). The molecule has 1 unspecified atom stereocenters. The summed E-state index contributed by atoms with van der Waals surface area (Å²) in [5.41, 5.74) is 0.710. The van der Waals surface area contributed by atoms with Crippen LogP contribution in [0.1, 0.15) is 12.8 Å². The molecule has 0 spiro atoms. The number of carbonyl (C=O) groups excluding carboxylic acids is 1. The van der Waals surface area contributed by atoms with Crippen molar-refractivity contribution < 1.29 is 9.53 Å². The van der Waals surface area contributed by atoms with Gasteiger partial charge in [-0.2, -0.15) is 0 Å². The quantitative estimate of drug-likeness (QED) is 0.943. The van der Waals surface area contributed by atoms with Crippen molar-refractivity contribution in [3.8, 4) is 5.75 Å². The van der Waals surface area contributed by atoms with Crippen LogP contribution in [-0.2, 0) is 0 Å². The Morgan fingerprint density at radius 1 is 1.27 bits per heavy atom. The van der Waals surface area contributed by atoms with Crippen LogP contribution in [0.15, 0.2) is 54.9 Å². The Morgan fingerprint density at radius 3 is 2.91 bits per heavy atom. The molecular weight excluding hydrogens is 278 g/mol. The van der Waals surface area contributed by atoms with Crippen molar-refractivity contribution >= 4 is 11.7 Å². The van der Waals surface area contributed by atoms with E-state index < -0.39 is 0 Å². The van der Waals surface area contributed by atoms with E-state index >= 15 is 0 Å². The SMILES string of the molecule is O=C(Nc1cccnc1)N1CCCC1COc1ccccc1. The van der Waals surface area contributed by atoms with Gasteiger partial charge in [0.2, 0.25) is 0 Å². The number of ether oxygens (including phenoxy) is 1. The first kappa shape index (κ1) is 14.4. The van der Waals surface area contributed by atoms with Gasteiger partial charge in [-0.1, -0.05) is 18.2 Å². The Labute approximate surface area is 129 Å². The summed E-state index contributed by atoms with van der Waals surface area (Å²) in [5, 5.41) is 2.88. The summed E-state index contributed by atoms with van der Waals surface area (Å²) in [7, 11) is 0. The Bertz CT molecular complexity index is 604. The van der Waals surface area contributed by atoms with E-state index in [-0.39, 0.29) is 12.1 Å². The van der Waals surface area contributed by atoms with Crippen molar-refractivity contribution in [2.75, 3.05) is 18.5 Å². The number of nitrogens with zero attached hydrogens (tertiary/aromatic N) is 2. The van der Waals surface area contributed by atoms with Gasteiger partial charge in [0.25, 0.3) is 0 Å². The molecule has 5 nitrogen and oxygen atoms in total. The molecule has 1 aromatic carbocycles. The maximum absolute atomic E-state index is 12.4. The fraction of sp³-hybridized carbons (Fsp3) is 0.294. The van der Waals surface area contributed by atoms with Crippen molar-refractivity contribution in [3.05, 3.63) is 54.9 Å². The third kappa shape index (κ3) is 3.55. The Morgan fingerprint density at radius 2 is 2.14 bits per heavy atom. The van der Waals surface area contributed by atoms with Crippen LogP contribution in [0, 0.1) is 0 Å². The number of rotatable bonds is 4. The molecule has 1 saturated heterocycles. The van der Waals surface area contributed by atoms with Gasteiger partial charge in [0.15, 0.2) is 0 Å². The Kier molecular flexibility index (Phi) is 4.53. The Balaban J connectivity index is 1.57. The van der Waals surface area contributed by atoms with E-state index in [0.717, 1.165) is 25.1 Å². The van der Waals surface area contributed by atoms with Gasteiger partial charge in [-0.3, -0.25) is 4.98 Å². The highest BCUT2D eigenvalue weighted by molar-refractivity contribution is 5.89. The van der Waals surface area contributed by atoms with E-state index in [0.29, 0.717) is 12.3 Å². The number of hydrogen-bond acceptors (Lipinski definition) is 3. The highest BCUT2D eigenvalue weighted by atomic mass is 16.5. The normalized spacial score (nSPS) is 17.3. The van der Waals surface area contributed by atoms with Crippen molar-refractivity contribution in [2.24, 2.45) is 0 Å². The lowest BCUT2D eigenvalue weighted by molar-refractivity contribution is 0.176. The summed E-state index contributed by atoms with van der Waals surface area (Å²) in [6.07, 6.45) is 5.29. The van der Waals surface area contributed by atoms with E-state index in [9.17, 15) is 4.79 Å². The largest absolute Gasteiger partial charge is 0.491 e. The predicted molar refractivity (Wildman–Crippen MR) is 84.9 cm³/mol. The minimum atomic E-state index is -0.0906. The highest BCUT2D eigenvalue weighted by Gasteiger charge is 2.29. The van der Waals surface area contributed by atoms with E-state index in [1.54, 1.807) is 18.5 Å². The average Bonchev–Trinajstić information content (AvgIpc) is 3.03. The second-order valence-corrected chi connectivity index (χ2v) is 5.29. The minimum Gasteiger partial charge on any atom is -0.491 e. The number of likely N-dealkylation sites (tertiary alicyclic amines) is 1. The monoisotopic (exact) mass is 297 g/mol. The molecular formula is C17H19N3O2. The van der Waals surface area contributed by atoms with Crippen molar-refractivity contribution in [3.63, 3.8) is 0 Å². The average molecular weight is 297 g/mol. The number of hydrogen-bond donors (Lipinski definition) is 1. The van der Waals surface area contributed by atoms with Crippen molar-refractivity contribution in [2.45, 2.75) is 18.9 Å². The molecule has 0 aliphatic carbocycles. The number of para-hydroxylation sites is 1. The first-order valence-electron chi connectivity index (χ1n) is 7.48. The number of benzene rings is 1. The molecule has 1 aromatic heterocycles. The summed E-state index contributed by atoms with van der Waals surface area (Å²) < 4.78 is 5.79. The molecule has 5 heteroatoms. The molecule has 22 heavy (non-hydrogen) atoms. The molecule has 2 aromatic rings. The summed E-state index contributed by atoms with van der Waals surface area (Å²) in [4.78, 5) is 18.2. The smallest absolute Gasteiger partial charge is 0.322 e. The fourth-order valence-electron chi connectivity index (χ4n) is 2.62. The van der Waals surface area contributed by atoms with Gasteiger partial charge in [-0.25, -0.2) is 4.79 Å². The van der Waals surface area contributed by atoms with E-state index in [1.807, 2.05) is 41.3 Å². The third-order valence-electron chi connectivity index (χ3n) is 3.74. The fourth-order valence-corrected chi connectivity index (χ4v) is 2.62. The molecule has 1 aliphatic rings. The van der Waals surface area contributed by atoms with Gasteiger partial charge < -0.3 is 15.0 Å². The number of aromatic nitrogens is 1. The zero-order valence-electron chi connectivity index (χ0n) is 12.3. The lowest BCUT2D eigenvalue weighted by Gasteiger charge is -2.25. The molecule has 2 amide bonds. The minimum absolute atomic E-state index is 0.0906. The third-order valence-corrected chi connectivity index (χ3v) is 3.74. The summed E-state index contributed by atoms with van der Waals surface area (Å²) in [5.74, 6) is 0.835. The van der Waals surface area contributed by atoms with Crippen LogP contribution in [0.5, 0.6) is 5.75 Å². The Hall–Kier alpha value is -2.56. The number of amides is 2. The van der Waals surface area contributed by atoms with Gasteiger partial charge in [0.1, 0.15) is 12.4 Å². The molecule has 0 bridgehead atoms. The second kappa shape index (κ2) is 6.93. The number of pyridine rings is 1. The maximum atomic E-state index is 12.4. The zero-order chi connectivity index (χ0) is 15.2. The number of carbonyl (C=O) groups is 1. The number of anilines is 1. The van der Waals surface area contributed by atoms with E-state index in [2.05, 4.69) is 10.3 Å². The number of urea groups is 1. The zero-order valence-corrected chi connectivity index (χ0v) is 12.3. The van der Waals surface area contributed by atoms with Crippen molar-refractivity contribution in [1.29, 1.82) is 0 Å². The predicted octanol–water partition coefficient (Wildman–Crippen LogP) is 3.16. The van der Waals surface area contributed by atoms with Gasteiger partial charge in [-0.05, 0) is 37.1 Å². The first-order valence-corrected chi connectivity index (χ1v) is 7.48. The van der Waals surface area contributed by atoms with Crippen LogP contribution in [0.2, 0.25) is 0 Å². The van der Waals surface area contributed by atoms with Crippen molar-refractivity contribution in [1.82, 2.24) is 9.88 Å². The number of nitrogens with one attached hydrogen (secondary N) is 1. The second-order valence-electron chi connectivity index (χ2n) is 5.29. The molecule has 1 aliphatic heterocycles. The highest BCUT2D eigenvalue weighted by Crippen LogP contribution is 2.20. The van der Waals surface area contributed by atoms with Gasteiger partial charge in [0.05, 0.1) is 17.9 Å². The maximum Gasteiger partial charge on any atom is 0.322 e. The van der Waals surface area contributed by atoms with Crippen LogP contribution in [0.4, 0.5) is 10.5 Å². The molecule has 114 valence electrons.